The third-order valence-corrected chi connectivity index (χ3v) is 5.82. The summed E-state index contributed by atoms with van der Waals surface area (Å²) in [6.07, 6.45) is 5.60. The lowest BCUT2D eigenvalue weighted by molar-refractivity contribution is 0.0980. The van der Waals surface area contributed by atoms with Crippen molar-refractivity contribution in [3.63, 3.8) is 0 Å². The van der Waals surface area contributed by atoms with Gasteiger partial charge in [0.25, 0.3) is 5.91 Å². The smallest absolute Gasteiger partial charge is 0.412 e. The summed E-state index contributed by atoms with van der Waals surface area (Å²) in [6.45, 7) is 2.85. The van der Waals surface area contributed by atoms with Gasteiger partial charge in [0.2, 0.25) is 0 Å². The van der Waals surface area contributed by atoms with E-state index < -0.39 is 6.09 Å². The van der Waals surface area contributed by atoms with Crippen LogP contribution in [-0.4, -0.2) is 40.0 Å². The summed E-state index contributed by atoms with van der Waals surface area (Å²) in [5.74, 6) is 0.735. The summed E-state index contributed by atoms with van der Waals surface area (Å²) in [5.41, 5.74) is 5.09. The number of rotatable bonds is 3. The van der Waals surface area contributed by atoms with Crippen molar-refractivity contribution in [1.29, 1.82) is 0 Å². The van der Waals surface area contributed by atoms with Gasteiger partial charge in [-0.15, -0.1) is 0 Å². The highest BCUT2D eigenvalue weighted by Crippen LogP contribution is 2.31. The van der Waals surface area contributed by atoms with E-state index in [2.05, 4.69) is 33.0 Å². The number of carbonyl (C=O) groups is 2. The summed E-state index contributed by atoms with van der Waals surface area (Å²) in [4.78, 5) is 35.5. The van der Waals surface area contributed by atoms with Gasteiger partial charge in [-0.1, -0.05) is 25.1 Å². The van der Waals surface area contributed by atoms with Crippen molar-refractivity contribution in [2.24, 2.45) is 5.92 Å². The number of methoxy groups -OCH3 is 1. The Kier molecular flexibility index (Phi) is 5.26. The van der Waals surface area contributed by atoms with E-state index in [9.17, 15) is 9.59 Å². The van der Waals surface area contributed by atoms with Gasteiger partial charge < -0.3 is 9.64 Å². The second-order valence-electron chi connectivity index (χ2n) is 8.19. The van der Waals surface area contributed by atoms with Gasteiger partial charge in [-0.05, 0) is 48.2 Å². The molecule has 0 saturated heterocycles. The molecule has 4 heterocycles. The molecular formula is C25H23N5O3. The van der Waals surface area contributed by atoms with E-state index in [-0.39, 0.29) is 5.91 Å². The minimum atomic E-state index is -0.582. The van der Waals surface area contributed by atoms with E-state index in [1.54, 1.807) is 18.5 Å². The first-order chi connectivity index (χ1) is 16.0. The molecular weight excluding hydrogens is 418 g/mol. The number of benzene rings is 1. The molecule has 5 rings (SSSR count). The second kappa shape index (κ2) is 8.38. The zero-order valence-corrected chi connectivity index (χ0v) is 18.4. The molecule has 0 aliphatic carbocycles. The van der Waals surface area contributed by atoms with E-state index in [0.717, 1.165) is 29.0 Å². The molecule has 0 saturated carbocycles. The predicted octanol–water partition coefficient (Wildman–Crippen LogP) is 4.41. The number of imidazole rings is 1. The topological polar surface area (TPSA) is 88.8 Å². The SMILES string of the molecule is COC(=O)Nc1ccc(-c2cnc3ccc(C(=O)N4CC(C)Cc5ccccc54)cn23)cn1. The maximum absolute atomic E-state index is 13.5. The lowest BCUT2D eigenvalue weighted by atomic mass is 9.93. The molecule has 1 N–H and O–H groups in total. The van der Waals surface area contributed by atoms with Gasteiger partial charge >= 0.3 is 6.09 Å². The molecule has 1 aromatic carbocycles. The first-order valence-corrected chi connectivity index (χ1v) is 10.7. The van der Waals surface area contributed by atoms with Crippen LogP contribution in [0.2, 0.25) is 0 Å². The molecule has 166 valence electrons. The maximum atomic E-state index is 13.5. The summed E-state index contributed by atoms with van der Waals surface area (Å²) < 4.78 is 6.47. The Balaban J connectivity index is 1.48. The van der Waals surface area contributed by atoms with Crippen molar-refractivity contribution in [1.82, 2.24) is 14.4 Å². The molecule has 1 aliphatic heterocycles. The van der Waals surface area contributed by atoms with E-state index in [4.69, 9.17) is 0 Å². The zero-order valence-electron chi connectivity index (χ0n) is 18.4. The van der Waals surface area contributed by atoms with Crippen LogP contribution in [-0.2, 0) is 11.2 Å². The molecule has 4 aromatic rings. The van der Waals surface area contributed by atoms with Gasteiger partial charge in [0, 0.05) is 30.2 Å². The quantitative estimate of drug-likeness (QED) is 0.509. The number of pyridine rings is 2. The molecule has 8 heteroatoms. The van der Waals surface area contributed by atoms with Gasteiger partial charge in [-0.2, -0.15) is 0 Å². The number of fused-ring (bicyclic) bond motifs is 2. The summed E-state index contributed by atoms with van der Waals surface area (Å²) in [5, 5.41) is 2.53. The van der Waals surface area contributed by atoms with Crippen LogP contribution in [0.1, 0.15) is 22.8 Å². The van der Waals surface area contributed by atoms with E-state index in [1.165, 1.54) is 12.7 Å². The van der Waals surface area contributed by atoms with Crippen LogP contribution < -0.4 is 10.2 Å². The summed E-state index contributed by atoms with van der Waals surface area (Å²) in [7, 11) is 1.30. The van der Waals surface area contributed by atoms with E-state index >= 15 is 0 Å². The number of para-hydroxylation sites is 1. The Morgan fingerprint density at radius 3 is 2.70 bits per heavy atom. The molecule has 0 spiro atoms. The van der Waals surface area contributed by atoms with Crippen LogP contribution in [0.4, 0.5) is 16.3 Å². The number of hydrogen-bond donors (Lipinski definition) is 1. The number of carbonyl (C=O) groups excluding carboxylic acids is 2. The fourth-order valence-electron chi connectivity index (χ4n) is 4.24. The number of amides is 2. The van der Waals surface area contributed by atoms with Crippen molar-refractivity contribution in [2.75, 3.05) is 23.9 Å². The summed E-state index contributed by atoms with van der Waals surface area (Å²) in [6, 6.07) is 15.3. The van der Waals surface area contributed by atoms with Gasteiger partial charge in [-0.3, -0.25) is 14.5 Å². The first kappa shape index (κ1) is 20.7. The third kappa shape index (κ3) is 3.91. The number of nitrogens with zero attached hydrogens (tertiary/aromatic N) is 4. The molecule has 0 fully saturated rings. The lowest BCUT2D eigenvalue weighted by Gasteiger charge is -2.33. The number of ether oxygens (including phenoxy) is 1. The molecule has 8 nitrogen and oxygen atoms in total. The highest BCUT2D eigenvalue weighted by Gasteiger charge is 2.27. The average molecular weight is 441 g/mol. The molecule has 0 radical (unpaired) electrons. The third-order valence-electron chi connectivity index (χ3n) is 5.82. The second-order valence-corrected chi connectivity index (χ2v) is 8.19. The van der Waals surface area contributed by atoms with Crippen LogP contribution >= 0.6 is 0 Å². The Morgan fingerprint density at radius 1 is 1.06 bits per heavy atom. The number of nitrogens with one attached hydrogen (secondary N) is 1. The van der Waals surface area contributed by atoms with Crippen LogP contribution in [0.25, 0.3) is 16.9 Å². The van der Waals surface area contributed by atoms with Gasteiger partial charge in [-0.25, -0.2) is 14.8 Å². The Labute approximate surface area is 190 Å². The van der Waals surface area contributed by atoms with E-state index in [1.807, 2.05) is 51.9 Å². The van der Waals surface area contributed by atoms with Gasteiger partial charge in [0.05, 0.1) is 24.6 Å². The molecule has 1 unspecified atom stereocenters. The molecule has 1 atom stereocenters. The molecule has 0 bridgehead atoms. The van der Waals surface area contributed by atoms with Crippen LogP contribution in [0.3, 0.4) is 0 Å². The minimum Gasteiger partial charge on any atom is -0.453 e. The minimum absolute atomic E-state index is 0.0358. The van der Waals surface area contributed by atoms with Crippen LogP contribution in [0, 0.1) is 5.92 Å². The lowest BCUT2D eigenvalue weighted by Crippen LogP contribution is -2.39. The predicted molar refractivity (Wildman–Crippen MR) is 125 cm³/mol. The normalized spacial score (nSPS) is 15.2. The maximum Gasteiger partial charge on any atom is 0.412 e. The largest absolute Gasteiger partial charge is 0.453 e. The molecule has 3 aromatic heterocycles. The Bertz CT molecular complexity index is 1350. The highest BCUT2D eigenvalue weighted by atomic mass is 16.5. The standard InChI is InChI=1S/C25H23N5O3/c1-16-11-17-5-3-4-6-20(17)30(14-16)24(31)19-8-10-23-27-13-21(29(23)15-19)18-7-9-22(26-12-18)28-25(32)33-2/h3-10,12-13,15-16H,11,14H2,1-2H3,(H,26,28,32). The van der Waals surface area contributed by atoms with Crippen molar-refractivity contribution >= 4 is 29.2 Å². The van der Waals surface area contributed by atoms with Crippen molar-refractivity contribution in [3.05, 3.63) is 78.2 Å². The average Bonchev–Trinajstić information content (AvgIpc) is 3.26. The number of anilines is 2. The first-order valence-electron chi connectivity index (χ1n) is 10.7. The molecule has 33 heavy (non-hydrogen) atoms. The molecule has 2 amide bonds. The Morgan fingerprint density at radius 2 is 1.91 bits per heavy atom. The fourth-order valence-corrected chi connectivity index (χ4v) is 4.24. The van der Waals surface area contributed by atoms with E-state index in [0.29, 0.717) is 23.8 Å². The van der Waals surface area contributed by atoms with Gasteiger partial charge in [0.1, 0.15) is 11.5 Å². The number of hydrogen-bond acceptors (Lipinski definition) is 5. The van der Waals surface area contributed by atoms with Crippen molar-refractivity contribution < 1.29 is 14.3 Å². The number of aromatic nitrogens is 3. The zero-order chi connectivity index (χ0) is 22.9. The highest BCUT2D eigenvalue weighted by molar-refractivity contribution is 6.06. The van der Waals surface area contributed by atoms with Crippen molar-refractivity contribution in [2.45, 2.75) is 13.3 Å². The van der Waals surface area contributed by atoms with Gasteiger partial charge in [0.15, 0.2) is 0 Å². The van der Waals surface area contributed by atoms with Crippen LogP contribution in [0.15, 0.2) is 67.1 Å². The summed E-state index contributed by atoms with van der Waals surface area (Å²) >= 11 is 0. The molecule has 1 aliphatic rings. The van der Waals surface area contributed by atoms with Crippen LogP contribution in [0.5, 0.6) is 0 Å². The van der Waals surface area contributed by atoms with Crippen molar-refractivity contribution in [3.8, 4) is 11.3 Å². The monoisotopic (exact) mass is 441 g/mol. The fraction of sp³-hybridized carbons (Fsp3) is 0.200. The Hall–Kier alpha value is -4.20.